The van der Waals surface area contributed by atoms with Crippen LogP contribution in [0, 0.1) is 5.92 Å². The Balaban J connectivity index is 1.86. The number of carboxylic acid groups (broad SMARTS) is 1. The van der Waals surface area contributed by atoms with Gasteiger partial charge in [-0.3, -0.25) is 0 Å². The van der Waals surface area contributed by atoms with E-state index >= 15 is 0 Å². The zero-order chi connectivity index (χ0) is 16.9. The fraction of sp³-hybridized carbons (Fsp3) is 0.533. The van der Waals surface area contributed by atoms with E-state index in [2.05, 4.69) is 4.72 Å². The summed E-state index contributed by atoms with van der Waals surface area (Å²) in [6, 6.07) is 6.51. The molecule has 0 bridgehead atoms. The van der Waals surface area contributed by atoms with E-state index in [1.165, 1.54) is 10.4 Å². The van der Waals surface area contributed by atoms with Crippen LogP contribution in [0.4, 0.5) is 0 Å². The number of ether oxygens (including phenoxy) is 1. The van der Waals surface area contributed by atoms with E-state index in [4.69, 9.17) is 9.84 Å². The lowest BCUT2D eigenvalue weighted by molar-refractivity contribution is 0.0696. The van der Waals surface area contributed by atoms with Crippen LogP contribution < -0.4 is 4.72 Å². The molecule has 1 heterocycles. The highest BCUT2D eigenvalue weighted by Crippen LogP contribution is 2.18. The molecule has 0 aromatic heterocycles. The van der Waals surface area contributed by atoms with Crippen molar-refractivity contribution in [2.75, 3.05) is 33.4 Å². The summed E-state index contributed by atoms with van der Waals surface area (Å²) in [6.45, 7) is 1.76. The molecule has 0 spiro atoms. The lowest BCUT2D eigenvalue weighted by atomic mass is 10.1. The number of carbonyl (C=O) groups is 1. The van der Waals surface area contributed by atoms with Gasteiger partial charge >= 0.3 is 5.97 Å². The summed E-state index contributed by atoms with van der Waals surface area (Å²) in [4.78, 5) is 10.9. The molecule has 1 aromatic carbocycles. The molecule has 1 fully saturated rings. The second kappa shape index (κ2) is 7.87. The highest BCUT2D eigenvalue weighted by Gasteiger charge is 2.30. The van der Waals surface area contributed by atoms with Gasteiger partial charge in [0.25, 0.3) is 10.2 Å². The summed E-state index contributed by atoms with van der Waals surface area (Å²) >= 11 is 0. The maximum Gasteiger partial charge on any atom is 0.335 e. The maximum atomic E-state index is 12.2. The van der Waals surface area contributed by atoms with Crippen molar-refractivity contribution in [1.82, 2.24) is 9.03 Å². The second-order valence-electron chi connectivity index (χ2n) is 5.62. The van der Waals surface area contributed by atoms with Gasteiger partial charge in [-0.25, -0.2) is 9.52 Å². The number of aromatic carboxylic acids is 1. The van der Waals surface area contributed by atoms with Crippen molar-refractivity contribution in [3.8, 4) is 0 Å². The van der Waals surface area contributed by atoms with Crippen molar-refractivity contribution >= 4 is 16.2 Å². The molecule has 1 aliphatic heterocycles. The minimum atomic E-state index is -3.50. The van der Waals surface area contributed by atoms with E-state index in [0.29, 0.717) is 26.1 Å². The topological polar surface area (TPSA) is 95.9 Å². The number of carboxylic acids is 1. The van der Waals surface area contributed by atoms with Crippen molar-refractivity contribution in [2.45, 2.75) is 12.8 Å². The van der Waals surface area contributed by atoms with Crippen LogP contribution >= 0.6 is 0 Å². The number of rotatable bonds is 8. The monoisotopic (exact) mass is 342 g/mol. The highest BCUT2D eigenvalue weighted by molar-refractivity contribution is 7.87. The van der Waals surface area contributed by atoms with Crippen molar-refractivity contribution in [2.24, 2.45) is 5.92 Å². The molecular weight excluding hydrogens is 320 g/mol. The third kappa shape index (κ3) is 5.00. The predicted octanol–water partition coefficient (Wildman–Crippen LogP) is 0.730. The molecule has 8 heteroatoms. The van der Waals surface area contributed by atoms with Crippen molar-refractivity contribution < 1.29 is 23.1 Å². The van der Waals surface area contributed by atoms with E-state index in [-0.39, 0.29) is 18.0 Å². The molecule has 2 rings (SSSR count). The number of methoxy groups -OCH3 is 1. The first kappa shape index (κ1) is 17.9. The van der Waals surface area contributed by atoms with Gasteiger partial charge in [0.1, 0.15) is 0 Å². The first-order chi connectivity index (χ1) is 10.9. The standard InChI is InChI=1S/C15H22N2O5S/c1-22-11-13-6-8-17(10-13)23(20,21)16-7-5-12-3-2-4-14(9-12)15(18)19/h2-4,9,13,16H,5-8,10-11H2,1H3,(H,18,19). The van der Waals surface area contributed by atoms with E-state index in [0.717, 1.165) is 12.0 Å². The molecule has 1 aliphatic rings. The van der Waals surface area contributed by atoms with E-state index in [1.807, 2.05) is 0 Å². The van der Waals surface area contributed by atoms with Gasteiger partial charge in [0.2, 0.25) is 0 Å². The van der Waals surface area contributed by atoms with Crippen LogP contribution in [-0.2, 0) is 21.4 Å². The predicted molar refractivity (Wildman–Crippen MR) is 85.6 cm³/mol. The van der Waals surface area contributed by atoms with Crippen LogP contribution in [0.3, 0.4) is 0 Å². The molecule has 0 amide bonds. The van der Waals surface area contributed by atoms with Crippen LogP contribution in [0.25, 0.3) is 0 Å². The Morgan fingerprint density at radius 2 is 2.26 bits per heavy atom. The van der Waals surface area contributed by atoms with E-state index in [9.17, 15) is 13.2 Å². The molecule has 0 saturated carbocycles. The Hall–Kier alpha value is -1.48. The number of nitrogens with zero attached hydrogens (tertiary/aromatic N) is 1. The van der Waals surface area contributed by atoms with Crippen molar-refractivity contribution in [3.63, 3.8) is 0 Å². The molecule has 128 valence electrons. The molecule has 1 saturated heterocycles. The van der Waals surface area contributed by atoms with Crippen LogP contribution in [-0.4, -0.2) is 57.1 Å². The molecule has 0 aliphatic carbocycles. The largest absolute Gasteiger partial charge is 0.478 e. The highest BCUT2D eigenvalue weighted by atomic mass is 32.2. The van der Waals surface area contributed by atoms with Gasteiger partial charge in [-0.05, 0) is 36.5 Å². The molecule has 1 aromatic rings. The normalized spacial score (nSPS) is 19.1. The first-order valence-electron chi connectivity index (χ1n) is 7.48. The van der Waals surface area contributed by atoms with Crippen molar-refractivity contribution in [1.29, 1.82) is 0 Å². The van der Waals surface area contributed by atoms with Gasteiger partial charge in [-0.2, -0.15) is 12.7 Å². The molecule has 23 heavy (non-hydrogen) atoms. The van der Waals surface area contributed by atoms with E-state index in [1.54, 1.807) is 25.3 Å². The van der Waals surface area contributed by atoms with Gasteiger partial charge in [-0.15, -0.1) is 0 Å². The smallest absolute Gasteiger partial charge is 0.335 e. The lowest BCUT2D eigenvalue weighted by Gasteiger charge is -2.17. The molecule has 7 nitrogen and oxygen atoms in total. The minimum Gasteiger partial charge on any atom is -0.478 e. The Morgan fingerprint density at radius 3 is 2.96 bits per heavy atom. The van der Waals surface area contributed by atoms with Crippen molar-refractivity contribution in [3.05, 3.63) is 35.4 Å². The molecule has 0 radical (unpaired) electrons. The first-order valence-corrected chi connectivity index (χ1v) is 8.92. The van der Waals surface area contributed by atoms with E-state index < -0.39 is 16.2 Å². The summed E-state index contributed by atoms with van der Waals surface area (Å²) in [5, 5.41) is 8.95. The Bertz CT molecular complexity index is 647. The SMILES string of the molecule is COCC1CCN(S(=O)(=O)NCCc2cccc(C(=O)O)c2)C1. The summed E-state index contributed by atoms with van der Waals surface area (Å²) < 4.78 is 33.5. The summed E-state index contributed by atoms with van der Waals surface area (Å²) in [5.74, 6) is -0.752. The Morgan fingerprint density at radius 1 is 1.48 bits per heavy atom. The van der Waals surface area contributed by atoms with Crippen LogP contribution in [0.5, 0.6) is 0 Å². The number of benzene rings is 1. The quantitative estimate of drug-likeness (QED) is 0.726. The fourth-order valence-electron chi connectivity index (χ4n) is 2.66. The lowest BCUT2D eigenvalue weighted by Crippen LogP contribution is -2.40. The zero-order valence-corrected chi connectivity index (χ0v) is 13.9. The Labute approximate surface area is 136 Å². The van der Waals surface area contributed by atoms with Gasteiger partial charge in [0, 0.05) is 26.7 Å². The van der Waals surface area contributed by atoms with Crippen LogP contribution in [0.1, 0.15) is 22.3 Å². The van der Waals surface area contributed by atoms with Crippen LogP contribution in [0.2, 0.25) is 0 Å². The Kier molecular flexibility index (Phi) is 6.11. The molecule has 1 atom stereocenters. The van der Waals surface area contributed by atoms with Gasteiger partial charge in [0.05, 0.1) is 12.2 Å². The van der Waals surface area contributed by atoms with Gasteiger partial charge in [0.15, 0.2) is 0 Å². The van der Waals surface area contributed by atoms with Gasteiger partial charge < -0.3 is 9.84 Å². The van der Waals surface area contributed by atoms with Gasteiger partial charge in [-0.1, -0.05) is 12.1 Å². The third-order valence-corrected chi connectivity index (χ3v) is 5.44. The number of hydrogen-bond donors (Lipinski definition) is 2. The molecule has 1 unspecified atom stereocenters. The third-order valence-electron chi connectivity index (χ3n) is 3.86. The molecule has 2 N–H and O–H groups in total. The number of nitrogens with one attached hydrogen (secondary N) is 1. The maximum absolute atomic E-state index is 12.2. The zero-order valence-electron chi connectivity index (χ0n) is 13.1. The minimum absolute atomic E-state index is 0.201. The fourth-order valence-corrected chi connectivity index (χ4v) is 3.96. The number of hydrogen-bond acceptors (Lipinski definition) is 4. The summed E-state index contributed by atoms with van der Waals surface area (Å²) in [5.41, 5.74) is 0.985. The van der Waals surface area contributed by atoms with Crippen LogP contribution in [0.15, 0.2) is 24.3 Å². The average molecular weight is 342 g/mol. The summed E-state index contributed by atoms with van der Waals surface area (Å²) in [7, 11) is -1.88. The average Bonchev–Trinajstić information content (AvgIpc) is 2.97. The second-order valence-corrected chi connectivity index (χ2v) is 7.38. The molecular formula is C15H22N2O5S. The summed E-state index contributed by atoms with van der Waals surface area (Å²) in [6.07, 6.45) is 1.24.